The molecule has 152 valence electrons. The van der Waals surface area contributed by atoms with E-state index in [1.54, 1.807) is 6.07 Å². The summed E-state index contributed by atoms with van der Waals surface area (Å²) in [5.41, 5.74) is -0.535. The molecule has 0 aliphatic rings. The van der Waals surface area contributed by atoms with Crippen LogP contribution in [-0.4, -0.2) is 23.2 Å². The largest absolute Gasteiger partial charge is 0.508 e. The minimum atomic E-state index is -5.09. The first-order valence-electron chi connectivity index (χ1n) is 7.90. The average Bonchev–Trinajstić information content (AvgIpc) is 2.65. The van der Waals surface area contributed by atoms with Gasteiger partial charge in [0.2, 0.25) is 0 Å². The van der Waals surface area contributed by atoms with Crippen molar-refractivity contribution in [3.63, 3.8) is 0 Å². The number of benzene rings is 3. The molecule has 10 heteroatoms. The number of phenols is 2. The van der Waals surface area contributed by atoms with Gasteiger partial charge in [0, 0.05) is 16.1 Å². The zero-order valence-electron chi connectivity index (χ0n) is 14.3. The van der Waals surface area contributed by atoms with E-state index in [9.17, 15) is 23.2 Å². The summed E-state index contributed by atoms with van der Waals surface area (Å²) >= 11 is 24.3. The van der Waals surface area contributed by atoms with Crippen LogP contribution in [0.4, 0.5) is 0 Å². The van der Waals surface area contributed by atoms with E-state index in [1.807, 2.05) is 0 Å². The monoisotopic (exact) mass is 492 g/mol. The van der Waals surface area contributed by atoms with Crippen LogP contribution in [0.5, 0.6) is 11.5 Å². The summed E-state index contributed by atoms with van der Waals surface area (Å²) in [4.78, 5) is 0. The lowest BCUT2D eigenvalue weighted by Gasteiger charge is -2.34. The topological polar surface area (TPSA) is 94.8 Å². The minimum Gasteiger partial charge on any atom is -0.508 e. The van der Waals surface area contributed by atoms with Crippen molar-refractivity contribution in [3.8, 4) is 11.5 Å². The van der Waals surface area contributed by atoms with Gasteiger partial charge in [-0.3, -0.25) is 4.55 Å². The van der Waals surface area contributed by atoms with Crippen LogP contribution in [0.15, 0.2) is 54.6 Å². The van der Waals surface area contributed by atoms with Crippen LogP contribution < -0.4 is 0 Å². The van der Waals surface area contributed by atoms with E-state index in [0.29, 0.717) is 0 Å². The molecule has 0 aliphatic carbocycles. The van der Waals surface area contributed by atoms with Gasteiger partial charge in [0.25, 0.3) is 10.1 Å². The Balaban J connectivity index is 2.62. The van der Waals surface area contributed by atoms with Crippen LogP contribution in [-0.2, 0) is 14.9 Å². The zero-order valence-corrected chi connectivity index (χ0v) is 18.1. The molecule has 0 saturated carbocycles. The summed E-state index contributed by atoms with van der Waals surface area (Å²) in [6.07, 6.45) is 0. The molecule has 3 aromatic rings. The second-order valence-electron chi connectivity index (χ2n) is 6.07. The normalized spacial score (nSPS) is 13.8. The summed E-state index contributed by atoms with van der Waals surface area (Å²) in [6.45, 7) is 0. The van der Waals surface area contributed by atoms with Gasteiger partial charge < -0.3 is 10.2 Å². The standard InChI is InChI=1S/C19H12Cl4O5S/c20-11-6-7-12(14(24)8-11)19(29(26,27)28,10-4-2-1-3-5-10)13-9-15(25)17(22)18(23)16(13)21/h1-9,24-25H,(H,26,27,28). The van der Waals surface area contributed by atoms with Crippen LogP contribution in [0, 0.1) is 0 Å². The summed E-state index contributed by atoms with van der Waals surface area (Å²) < 4.78 is 33.9. The third-order valence-corrected chi connectivity index (χ3v) is 7.44. The predicted octanol–water partition coefficient (Wildman–Crippen LogP) is 5.89. The lowest BCUT2D eigenvalue weighted by atomic mass is 9.83. The van der Waals surface area contributed by atoms with Crippen LogP contribution in [0.3, 0.4) is 0 Å². The van der Waals surface area contributed by atoms with Gasteiger partial charge in [0.05, 0.1) is 10.0 Å². The lowest BCUT2D eigenvalue weighted by Crippen LogP contribution is -2.38. The maximum atomic E-state index is 12.9. The van der Waals surface area contributed by atoms with Crippen molar-refractivity contribution in [3.05, 3.63) is 91.4 Å². The van der Waals surface area contributed by atoms with Crippen LogP contribution in [0.1, 0.15) is 16.7 Å². The first kappa shape index (κ1) is 22.0. The van der Waals surface area contributed by atoms with Gasteiger partial charge in [-0.15, -0.1) is 0 Å². The average molecular weight is 494 g/mol. The van der Waals surface area contributed by atoms with Gasteiger partial charge in [-0.1, -0.05) is 82.8 Å². The Morgan fingerprint density at radius 1 is 0.724 bits per heavy atom. The fraction of sp³-hybridized carbons (Fsp3) is 0.0526. The van der Waals surface area contributed by atoms with Gasteiger partial charge in [-0.25, -0.2) is 0 Å². The van der Waals surface area contributed by atoms with Crippen molar-refractivity contribution in [2.45, 2.75) is 4.75 Å². The Hall–Kier alpha value is -1.67. The Kier molecular flexibility index (Phi) is 5.98. The smallest absolute Gasteiger partial charge is 0.283 e. The molecule has 0 spiro atoms. The van der Waals surface area contributed by atoms with E-state index in [0.717, 1.165) is 12.1 Å². The molecule has 3 rings (SSSR count). The highest BCUT2D eigenvalue weighted by atomic mass is 35.5. The predicted molar refractivity (Wildman–Crippen MR) is 114 cm³/mol. The van der Waals surface area contributed by atoms with Gasteiger partial charge in [0.1, 0.15) is 16.5 Å². The molecule has 3 N–H and O–H groups in total. The lowest BCUT2D eigenvalue weighted by molar-refractivity contribution is 0.439. The van der Waals surface area contributed by atoms with E-state index < -0.39 is 26.4 Å². The number of halogens is 4. The number of hydrogen-bond acceptors (Lipinski definition) is 4. The van der Waals surface area contributed by atoms with Gasteiger partial charge >= 0.3 is 0 Å². The molecule has 3 aromatic carbocycles. The summed E-state index contributed by atoms with van der Waals surface area (Å²) in [5, 5.41) is 20.0. The molecule has 1 unspecified atom stereocenters. The fourth-order valence-electron chi connectivity index (χ4n) is 3.20. The van der Waals surface area contributed by atoms with E-state index >= 15 is 0 Å². The summed E-state index contributed by atoms with van der Waals surface area (Å²) in [5.74, 6) is -1.09. The van der Waals surface area contributed by atoms with E-state index in [1.165, 1.54) is 36.4 Å². The molecule has 0 aliphatic heterocycles. The molecule has 0 bridgehead atoms. The van der Waals surface area contributed by atoms with E-state index in [4.69, 9.17) is 46.4 Å². The Morgan fingerprint density at radius 3 is 1.90 bits per heavy atom. The third kappa shape index (κ3) is 3.54. The molecule has 29 heavy (non-hydrogen) atoms. The number of hydrogen-bond donors (Lipinski definition) is 3. The van der Waals surface area contributed by atoms with Crippen molar-refractivity contribution < 1.29 is 23.2 Å². The van der Waals surface area contributed by atoms with Crippen molar-refractivity contribution in [1.29, 1.82) is 0 Å². The van der Waals surface area contributed by atoms with Crippen LogP contribution in [0.25, 0.3) is 0 Å². The van der Waals surface area contributed by atoms with Crippen LogP contribution in [0.2, 0.25) is 20.1 Å². The fourth-order valence-corrected chi connectivity index (χ4v) is 5.44. The molecule has 1 atom stereocenters. The Labute approximate surface area is 186 Å². The molecule has 0 radical (unpaired) electrons. The molecule has 0 aromatic heterocycles. The maximum Gasteiger partial charge on any atom is 0.283 e. The Bertz CT molecular complexity index is 1200. The molecule has 0 fully saturated rings. The highest BCUT2D eigenvalue weighted by molar-refractivity contribution is 7.87. The SMILES string of the molecule is O=S(=O)(O)C(c1ccccc1)(c1ccc(Cl)cc1O)c1cc(O)c(Cl)c(Cl)c1Cl. The second kappa shape index (κ2) is 7.87. The number of rotatable bonds is 4. The van der Waals surface area contributed by atoms with E-state index in [-0.39, 0.29) is 36.8 Å². The van der Waals surface area contributed by atoms with Gasteiger partial charge in [-0.2, -0.15) is 8.42 Å². The first-order chi connectivity index (χ1) is 13.5. The summed E-state index contributed by atoms with van der Waals surface area (Å²) in [6, 6.07) is 12.2. The summed E-state index contributed by atoms with van der Waals surface area (Å²) in [7, 11) is -5.09. The van der Waals surface area contributed by atoms with Gasteiger partial charge in [0.15, 0.2) is 4.75 Å². The number of aromatic hydroxyl groups is 2. The van der Waals surface area contributed by atoms with Crippen LogP contribution >= 0.6 is 46.4 Å². The van der Waals surface area contributed by atoms with Gasteiger partial charge in [-0.05, 0) is 23.8 Å². The van der Waals surface area contributed by atoms with Crippen molar-refractivity contribution in [2.75, 3.05) is 0 Å². The molecule has 5 nitrogen and oxygen atoms in total. The minimum absolute atomic E-state index is 0.0276. The van der Waals surface area contributed by atoms with Crippen molar-refractivity contribution >= 4 is 56.5 Å². The first-order valence-corrected chi connectivity index (χ1v) is 10.9. The van der Waals surface area contributed by atoms with E-state index in [2.05, 4.69) is 0 Å². The maximum absolute atomic E-state index is 12.9. The number of phenolic OH excluding ortho intramolecular Hbond substituents is 2. The van der Waals surface area contributed by atoms with Crippen molar-refractivity contribution in [1.82, 2.24) is 0 Å². The highest BCUT2D eigenvalue weighted by Gasteiger charge is 2.52. The molecular formula is C19H12Cl4O5S. The quantitative estimate of drug-likeness (QED) is 0.239. The molecule has 0 amide bonds. The molecule has 0 saturated heterocycles. The van der Waals surface area contributed by atoms with Crippen molar-refractivity contribution in [2.24, 2.45) is 0 Å². The molecule has 0 heterocycles. The Morgan fingerprint density at radius 2 is 1.34 bits per heavy atom. The zero-order chi connectivity index (χ0) is 21.6. The third-order valence-electron chi connectivity index (χ3n) is 4.41. The molecular weight excluding hydrogens is 482 g/mol. The second-order valence-corrected chi connectivity index (χ2v) is 9.20. The highest BCUT2D eigenvalue weighted by Crippen LogP contribution is 2.53.